The zero-order valence-electron chi connectivity index (χ0n) is 18.2. The molecule has 2 atom stereocenters. The predicted octanol–water partition coefficient (Wildman–Crippen LogP) is 5.23. The van der Waals surface area contributed by atoms with Gasteiger partial charge in [-0.3, -0.25) is 4.98 Å². The van der Waals surface area contributed by atoms with Crippen molar-refractivity contribution in [1.29, 1.82) is 0 Å². The Balaban J connectivity index is 1.58. The fraction of sp³-hybridized carbons (Fsp3) is 0.115. The quantitative estimate of drug-likeness (QED) is 0.370. The topological polar surface area (TPSA) is 87.8 Å². The summed E-state index contributed by atoms with van der Waals surface area (Å²) in [6.45, 7) is 0. The lowest BCUT2D eigenvalue weighted by atomic mass is 10.0. The van der Waals surface area contributed by atoms with Crippen molar-refractivity contribution >= 4 is 29.0 Å². The number of hydrogen-bond acceptors (Lipinski definition) is 5. The van der Waals surface area contributed by atoms with Gasteiger partial charge in [0.05, 0.1) is 24.4 Å². The normalized spacial score (nSPS) is 17.4. The van der Waals surface area contributed by atoms with Crippen LogP contribution in [0.25, 0.3) is 11.3 Å². The Hall–Kier alpha value is -4.17. The van der Waals surface area contributed by atoms with Crippen LogP contribution in [-0.4, -0.2) is 28.3 Å². The van der Waals surface area contributed by atoms with Gasteiger partial charge in [-0.05, 0) is 72.9 Å². The van der Waals surface area contributed by atoms with Gasteiger partial charge in [0, 0.05) is 17.4 Å². The Morgan fingerprint density at radius 1 is 1.09 bits per heavy atom. The smallest absolute Gasteiger partial charge is 0.335 e. The number of carboxylic acids is 1. The van der Waals surface area contributed by atoms with Gasteiger partial charge < -0.3 is 24.5 Å². The third-order valence-corrected chi connectivity index (χ3v) is 6.08. The summed E-state index contributed by atoms with van der Waals surface area (Å²) >= 11 is 5.73. The number of nitrogens with one attached hydrogen (secondary N) is 1. The van der Waals surface area contributed by atoms with Crippen molar-refractivity contribution in [1.82, 2.24) is 10.3 Å². The van der Waals surface area contributed by atoms with Crippen LogP contribution in [0.3, 0.4) is 0 Å². The molecule has 2 aromatic carbocycles. The molecule has 3 heterocycles. The number of aromatic carboxylic acids is 1. The molecule has 170 valence electrons. The molecule has 0 saturated carbocycles. The molecule has 0 bridgehead atoms. The first-order valence-corrected chi connectivity index (χ1v) is 11.0. The highest BCUT2D eigenvalue weighted by Crippen LogP contribution is 2.43. The Morgan fingerprint density at radius 2 is 1.91 bits per heavy atom. The summed E-state index contributed by atoms with van der Waals surface area (Å²) in [5.41, 5.74) is 2.60. The number of carbonyl (C=O) groups is 1. The van der Waals surface area contributed by atoms with Gasteiger partial charge in [-0.1, -0.05) is 18.2 Å². The van der Waals surface area contributed by atoms with E-state index in [0.29, 0.717) is 22.2 Å². The Bertz CT molecular complexity index is 1340. The van der Waals surface area contributed by atoms with Gasteiger partial charge in [0.25, 0.3) is 0 Å². The number of benzene rings is 2. The van der Waals surface area contributed by atoms with E-state index in [1.807, 2.05) is 65.6 Å². The number of furan rings is 1. The average Bonchev–Trinajstić information content (AvgIpc) is 3.49. The van der Waals surface area contributed by atoms with E-state index in [9.17, 15) is 9.90 Å². The van der Waals surface area contributed by atoms with Gasteiger partial charge in [0.15, 0.2) is 5.11 Å². The maximum Gasteiger partial charge on any atom is 0.335 e. The highest BCUT2D eigenvalue weighted by molar-refractivity contribution is 7.80. The Labute approximate surface area is 201 Å². The molecule has 4 aromatic rings. The minimum absolute atomic E-state index is 0.199. The van der Waals surface area contributed by atoms with E-state index in [2.05, 4.69) is 10.3 Å². The number of pyridine rings is 1. The molecule has 8 heteroatoms. The summed E-state index contributed by atoms with van der Waals surface area (Å²) in [6, 6.07) is 23.3. The number of hydrogen-bond donors (Lipinski definition) is 2. The van der Waals surface area contributed by atoms with Gasteiger partial charge in [-0.15, -0.1) is 0 Å². The lowest BCUT2D eigenvalue weighted by molar-refractivity contribution is 0.0697. The maximum absolute atomic E-state index is 11.4. The number of nitrogens with zero attached hydrogens (tertiary/aromatic N) is 2. The monoisotopic (exact) mass is 471 g/mol. The van der Waals surface area contributed by atoms with Crippen LogP contribution in [0, 0.1) is 0 Å². The molecular weight excluding hydrogens is 450 g/mol. The summed E-state index contributed by atoms with van der Waals surface area (Å²) in [5.74, 6) is 1.01. The van der Waals surface area contributed by atoms with Crippen LogP contribution in [0.2, 0.25) is 0 Å². The van der Waals surface area contributed by atoms with Crippen molar-refractivity contribution in [3.63, 3.8) is 0 Å². The van der Waals surface area contributed by atoms with Crippen molar-refractivity contribution in [3.8, 4) is 17.1 Å². The lowest BCUT2D eigenvalue weighted by Gasteiger charge is -2.26. The Morgan fingerprint density at radius 3 is 2.62 bits per heavy atom. The lowest BCUT2D eigenvalue weighted by Crippen LogP contribution is -2.29. The van der Waals surface area contributed by atoms with E-state index in [1.54, 1.807) is 31.5 Å². The molecule has 1 fully saturated rings. The number of anilines is 1. The molecule has 1 aliphatic rings. The van der Waals surface area contributed by atoms with Gasteiger partial charge in [0.1, 0.15) is 23.3 Å². The number of thiocarbonyl (C=S) groups is 1. The molecule has 0 radical (unpaired) electrons. The standard InChI is InChI=1S/C26H21N3O4S/c1-32-19-10-8-18(9-11-19)29-24(23(28-26(29)34)20-7-2-3-14-27-20)22-13-12-21(33-22)16-5-4-6-17(15-16)25(30)31/h2-15,23-24H,1H3,(H,28,34)(H,30,31)/t23-,24-/m1/s1. The van der Waals surface area contributed by atoms with E-state index in [-0.39, 0.29) is 17.6 Å². The highest BCUT2D eigenvalue weighted by Gasteiger charge is 2.42. The van der Waals surface area contributed by atoms with Gasteiger partial charge in [-0.2, -0.15) is 0 Å². The molecular formula is C26H21N3O4S. The molecule has 1 saturated heterocycles. The summed E-state index contributed by atoms with van der Waals surface area (Å²) in [7, 11) is 1.63. The first-order chi connectivity index (χ1) is 16.5. The van der Waals surface area contributed by atoms with Crippen LogP contribution >= 0.6 is 12.2 Å². The molecule has 5 rings (SSSR count). The van der Waals surface area contributed by atoms with Crippen molar-refractivity contribution < 1.29 is 19.1 Å². The van der Waals surface area contributed by atoms with Crippen molar-refractivity contribution in [2.45, 2.75) is 12.1 Å². The minimum atomic E-state index is -0.986. The number of carboxylic acid groups (broad SMARTS) is 1. The first kappa shape index (κ1) is 21.7. The maximum atomic E-state index is 11.4. The van der Waals surface area contributed by atoms with Crippen LogP contribution in [0.4, 0.5) is 5.69 Å². The zero-order valence-corrected chi connectivity index (χ0v) is 19.0. The van der Waals surface area contributed by atoms with Crippen LogP contribution < -0.4 is 15.0 Å². The molecule has 0 spiro atoms. The number of methoxy groups -OCH3 is 1. The number of ether oxygens (including phenoxy) is 1. The molecule has 0 aliphatic carbocycles. The summed E-state index contributed by atoms with van der Waals surface area (Å²) < 4.78 is 11.6. The van der Waals surface area contributed by atoms with Crippen LogP contribution in [0.5, 0.6) is 5.75 Å². The van der Waals surface area contributed by atoms with Crippen LogP contribution in [0.1, 0.15) is 33.9 Å². The molecule has 2 N–H and O–H groups in total. The van der Waals surface area contributed by atoms with Gasteiger partial charge in [-0.25, -0.2) is 4.79 Å². The third-order valence-electron chi connectivity index (χ3n) is 5.76. The first-order valence-electron chi connectivity index (χ1n) is 10.6. The summed E-state index contributed by atoms with van der Waals surface area (Å²) in [6.07, 6.45) is 1.75. The second-order valence-electron chi connectivity index (χ2n) is 7.78. The molecule has 0 unspecified atom stereocenters. The van der Waals surface area contributed by atoms with Gasteiger partial charge in [0.2, 0.25) is 0 Å². The van der Waals surface area contributed by atoms with Crippen molar-refractivity contribution in [3.05, 3.63) is 102 Å². The van der Waals surface area contributed by atoms with Crippen molar-refractivity contribution in [2.75, 3.05) is 12.0 Å². The SMILES string of the molecule is COc1ccc(N2C(=S)N[C@H](c3ccccn3)[C@H]2c2ccc(-c3cccc(C(=O)O)c3)o2)cc1. The zero-order chi connectivity index (χ0) is 23.7. The largest absolute Gasteiger partial charge is 0.497 e. The average molecular weight is 472 g/mol. The minimum Gasteiger partial charge on any atom is -0.497 e. The van der Waals surface area contributed by atoms with Gasteiger partial charge >= 0.3 is 5.97 Å². The highest BCUT2D eigenvalue weighted by atomic mass is 32.1. The van der Waals surface area contributed by atoms with E-state index in [0.717, 1.165) is 17.1 Å². The molecule has 2 aromatic heterocycles. The Kier molecular flexibility index (Phi) is 5.73. The van der Waals surface area contributed by atoms with Crippen LogP contribution in [0.15, 0.2) is 89.5 Å². The molecule has 0 amide bonds. The molecule has 1 aliphatic heterocycles. The van der Waals surface area contributed by atoms with E-state index in [1.165, 1.54) is 0 Å². The second kappa shape index (κ2) is 8.99. The van der Waals surface area contributed by atoms with E-state index >= 15 is 0 Å². The summed E-state index contributed by atoms with van der Waals surface area (Å²) in [4.78, 5) is 18.0. The fourth-order valence-electron chi connectivity index (χ4n) is 4.14. The van der Waals surface area contributed by atoms with E-state index in [4.69, 9.17) is 21.4 Å². The fourth-order valence-corrected chi connectivity index (χ4v) is 4.48. The second-order valence-corrected chi connectivity index (χ2v) is 8.17. The third kappa shape index (κ3) is 3.99. The van der Waals surface area contributed by atoms with E-state index < -0.39 is 5.97 Å². The van der Waals surface area contributed by atoms with Crippen molar-refractivity contribution in [2.24, 2.45) is 0 Å². The summed E-state index contributed by atoms with van der Waals surface area (Å²) in [5, 5.41) is 13.3. The molecule has 7 nitrogen and oxygen atoms in total. The molecule has 34 heavy (non-hydrogen) atoms. The number of aromatic nitrogens is 1. The van der Waals surface area contributed by atoms with Crippen LogP contribution in [-0.2, 0) is 0 Å². The predicted molar refractivity (Wildman–Crippen MR) is 132 cm³/mol. The number of rotatable bonds is 6.